The Morgan fingerprint density at radius 1 is 0.875 bits per heavy atom. The van der Waals surface area contributed by atoms with Crippen LogP contribution in [0.15, 0.2) is 84.2 Å². The largest absolute Gasteiger partial charge is 0.352 e. The van der Waals surface area contributed by atoms with Crippen LogP contribution in [-0.2, 0) is 19.6 Å². The summed E-state index contributed by atoms with van der Waals surface area (Å²) >= 11 is 0. The molecule has 160 valence electrons. The van der Waals surface area contributed by atoms with Gasteiger partial charge in [0.2, 0.25) is 0 Å². The molecule has 0 amide bonds. The van der Waals surface area contributed by atoms with Crippen LogP contribution >= 0.6 is 0 Å². The lowest BCUT2D eigenvalue weighted by Crippen LogP contribution is -2.36. The van der Waals surface area contributed by atoms with Gasteiger partial charge < -0.3 is 15.2 Å². The van der Waals surface area contributed by atoms with Crippen molar-refractivity contribution in [2.75, 3.05) is 7.05 Å². The van der Waals surface area contributed by atoms with Crippen LogP contribution in [-0.4, -0.2) is 37.2 Å². The smallest absolute Gasteiger partial charge is 0.191 e. The molecule has 8 nitrogen and oxygen atoms in total. The molecule has 0 aliphatic carbocycles. The van der Waals surface area contributed by atoms with Crippen molar-refractivity contribution in [3.05, 3.63) is 96.2 Å². The molecule has 0 fully saturated rings. The highest BCUT2D eigenvalue weighted by Crippen LogP contribution is 2.14. The van der Waals surface area contributed by atoms with Gasteiger partial charge in [0.25, 0.3) is 0 Å². The number of nitrogens with one attached hydrogen (secondary N) is 2. The van der Waals surface area contributed by atoms with Gasteiger partial charge in [-0.05, 0) is 35.4 Å². The Hall–Kier alpha value is -4.20. The number of pyridine rings is 1. The minimum absolute atomic E-state index is 0.530. The molecule has 0 saturated carbocycles. The van der Waals surface area contributed by atoms with Crippen LogP contribution in [0.25, 0.3) is 16.7 Å². The van der Waals surface area contributed by atoms with Gasteiger partial charge >= 0.3 is 0 Å². The number of guanidine groups is 1. The van der Waals surface area contributed by atoms with Gasteiger partial charge in [-0.2, -0.15) is 0 Å². The van der Waals surface area contributed by atoms with Crippen molar-refractivity contribution in [2.45, 2.75) is 19.6 Å². The molecular weight excluding hydrogens is 400 g/mol. The molecule has 2 aromatic carbocycles. The van der Waals surface area contributed by atoms with E-state index in [9.17, 15) is 0 Å². The number of para-hydroxylation sites is 2. The highest BCUT2D eigenvalue weighted by atomic mass is 15.3. The van der Waals surface area contributed by atoms with Gasteiger partial charge in [0.15, 0.2) is 17.4 Å². The average Bonchev–Trinajstić information content (AvgIpc) is 3.44. The lowest BCUT2D eigenvalue weighted by molar-refractivity contribution is 0.762. The zero-order valence-electron chi connectivity index (χ0n) is 17.8. The van der Waals surface area contributed by atoms with Gasteiger partial charge in [0, 0.05) is 26.3 Å². The van der Waals surface area contributed by atoms with E-state index in [0.717, 1.165) is 29.0 Å². The Morgan fingerprint density at radius 2 is 1.66 bits per heavy atom. The number of rotatable bonds is 6. The third-order valence-corrected chi connectivity index (χ3v) is 5.39. The summed E-state index contributed by atoms with van der Waals surface area (Å²) in [6.07, 6.45) is 3.85. The Labute approximate surface area is 185 Å². The standard InChI is InChI=1S/C24H24N8/c1-25-24(27-15-23-30-29-22-8-4-5-13-32(22)23)26-14-18-9-11-19(12-10-18)16-31-17-28-20-6-2-3-7-21(20)31/h2-13,17H,14-16H2,1H3,(H2,25,26,27). The molecule has 32 heavy (non-hydrogen) atoms. The molecule has 5 rings (SSSR count). The van der Waals surface area contributed by atoms with Crippen LogP contribution in [0.4, 0.5) is 0 Å². The van der Waals surface area contributed by atoms with E-state index in [2.05, 4.69) is 65.7 Å². The summed E-state index contributed by atoms with van der Waals surface area (Å²) in [6.45, 7) is 2.00. The second kappa shape index (κ2) is 8.89. The quantitative estimate of drug-likeness (QED) is 0.323. The van der Waals surface area contributed by atoms with E-state index in [1.54, 1.807) is 7.05 Å². The molecule has 0 aliphatic heterocycles. The van der Waals surface area contributed by atoms with Crippen LogP contribution in [0.2, 0.25) is 0 Å². The zero-order valence-corrected chi connectivity index (χ0v) is 17.8. The first-order valence-corrected chi connectivity index (χ1v) is 10.5. The van der Waals surface area contributed by atoms with E-state index in [-0.39, 0.29) is 0 Å². The molecule has 5 aromatic rings. The van der Waals surface area contributed by atoms with E-state index >= 15 is 0 Å². The Morgan fingerprint density at radius 3 is 2.53 bits per heavy atom. The normalized spacial score (nSPS) is 11.8. The summed E-state index contributed by atoms with van der Waals surface area (Å²) in [7, 11) is 1.76. The zero-order chi connectivity index (χ0) is 21.8. The number of imidazole rings is 1. The summed E-state index contributed by atoms with van der Waals surface area (Å²) in [5, 5.41) is 15.1. The number of benzene rings is 2. The van der Waals surface area contributed by atoms with E-state index in [0.29, 0.717) is 19.0 Å². The molecule has 8 heteroatoms. The van der Waals surface area contributed by atoms with Crippen LogP contribution < -0.4 is 10.6 Å². The maximum absolute atomic E-state index is 4.47. The fraction of sp³-hybridized carbons (Fsp3) is 0.167. The number of hydrogen-bond acceptors (Lipinski definition) is 4. The fourth-order valence-corrected chi connectivity index (χ4v) is 3.68. The predicted octanol–water partition coefficient (Wildman–Crippen LogP) is 2.99. The molecule has 2 N–H and O–H groups in total. The lowest BCUT2D eigenvalue weighted by atomic mass is 10.1. The van der Waals surface area contributed by atoms with Crippen molar-refractivity contribution in [2.24, 2.45) is 4.99 Å². The monoisotopic (exact) mass is 424 g/mol. The summed E-state index contributed by atoms with van der Waals surface area (Å²) in [5.41, 5.74) is 5.41. The van der Waals surface area contributed by atoms with Gasteiger partial charge in [-0.1, -0.05) is 42.5 Å². The SMILES string of the molecule is CN=C(NCc1ccc(Cn2cnc3ccccc32)cc1)NCc1nnc2ccccn12. The van der Waals surface area contributed by atoms with Crippen molar-refractivity contribution in [3.8, 4) is 0 Å². The topological polar surface area (TPSA) is 84.4 Å². The number of fused-ring (bicyclic) bond motifs is 2. The predicted molar refractivity (Wildman–Crippen MR) is 125 cm³/mol. The minimum atomic E-state index is 0.530. The van der Waals surface area contributed by atoms with Crippen molar-refractivity contribution in [3.63, 3.8) is 0 Å². The number of aliphatic imine (C=N–C) groups is 1. The second-order valence-corrected chi connectivity index (χ2v) is 7.50. The molecule has 3 aromatic heterocycles. The third-order valence-electron chi connectivity index (χ3n) is 5.39. The van der Waals surface area contributed by atoms with E-state index in [1.807, 2.05) is 53.3 Å². The third kappa shape index (κ3) is 4.15. The molecule has 0 unspecified atom stereocenters. The molecule has 0 bridgehead atoms. The maximum atomic E-state index is 4.47. The number of hydrogen-bond donors (Lipinski definition) is 2. The summed E-state index contributed by atoms with van der Waals surface area (Å²) in [6, 6.07) is 22.6. The van der Waals surface area contributed by atoms with Crippen molar-refractivity contribution in [1.29, 1.82) is 0 Å². The highest BCUT2D eigenvalue weighted by molar-refractivity contribution is 5.79. The summed E-state index contributed by atoms with van der Waals surface area (Å²) < 4.78 is 4.13. The van der Waals surface area contributed by atoms with Crippen molar-refractivity contribution in [1.82, 2.24) is 34.8 Å². The van der Waals surface area contributed by atoms with Gasteiger partial charge in [0.05, 0.1) is 23.9 Å². The Bertz CT molecular complexity index is 1360. The molecule has 0 saturated heterocycles. The number of aromatic nitrogens is 5. The second-order valence-electron chi connectivity index (χ2n) is 7.50. The summed E-state index contributed by atoms with van der Waals surface area (Å²) in [4.78, 5) is 8.77. The molecule has 0 aliphatic rings. The molecule has 0 atom stereocenters. The summed E-state index contributed by atoms with van der Waals surface area (Å²) in [5.74, 6) is 1.55. The molecular formula is C24H24N8. The Kier molecular flexibility index (Phi) is 5.48. The van der Waals surface area contributed by atoms with Gasteiger partial charge in [-0.15, -0.1) is 10.2 Å². The molecule has 3 heterocycles. The van der Waals surface area contributed by atoms with E-state index in [4.69, 9.17) is 0 Å². The van der Waals surface area contributed by atoms with Gasteiger partial charge in [0.1, 0.15) is 0 Å². The van der Waals surface area contributed by atoms with Crippen LogP contribution in [0.3, 0.4) is 0 Å². The Balaban J connectivity index is 1.17. The van der Waals surface area contributed by atoms with Gasteiger partial charge in [-0.3, -0.25) is 9.39 Å². The molecule has 0 spiro atoms. The van der Waals surface area contributed by atoms with Crippen molar-refractivity contribution >= 4 is 22.6 Å². The first-order valence-electron chi connectivity index (χ1n) is 10.5. The van der Waals surface area contributed by atoms with E-state index in [1.165, 1.54) is 11.1 Å². The highest BCUT2D eigenvalue weighted by Gasteiger charge is 2.06. The van der Waals surface area contributed by atoms with Crippen LogP contribution in [0.1, 0.15) is 17.0 Å². The average molecular weight is 425 g/mol. The first kappa shape index (κ1) is 19.7. The van der Waals surface area contributed by atoms with E-state index < -0.39 is 0 Å². The molecule has 0 radical (unpaired) electrons. The van der Waals surface area contributed by atoms with Crippen molar-refractivity contribution < 1.29 is 0 Å². The first-order chi connectivity index (χ1) is 15.8. The lowest BCUT2D eigenvalue weighted by Gasteiger charge is -2.12. The van der Waals surface area contributed by atoms with Crippen LogP contribution in [0.5, 0.6) is 0 Å². The maximum Gasteiger partial charge on any atom is 0.191 e. The van der Waals surface area contributed by atoms with Crippen LogP contribution in [0, 0.1) is 0 Å². The fourth-order valence-electron chi connectivity index (χ4n) is 3.68. The van der Waals surface area contributed by atoms with Gasteiger partial charge in [-0.25, -0.2) is 4.98 Å². The minimum Gasteiger partial charge on any atom is -0.352 e. The number of nitrogens with zero attached hydrogens (tertiary/aromatic N) is 6.